The maximum absolute atomic E-state index is 13.0. The number of ether oxygens (including phenoxy) is 1. The van der Waals surface area contributed by atoms with Crippen LogP contribution in [0, 0.1) is 0 Å². The van der Waals surface area contributed by atoms with Gasteiger partial charge in [-0.2, -0.15) is 0 Å². The minimum absolute atomic E-state index is 0.142. The highest BCUT2D eigenvalue weighted by Crippen LogP contribution is 2.27. The molecule has 1 unspecified atom stereocenters. The van der Waals surface area contributed by atoms with Gasteiger partial charge in [-0.05, 0) is 65.4 Å². The first kappa shape index (κ1) is 22.6. The lowest BCUT2D eigenvalue weighted by Crippen LogP contribution is -2.32. The molecule has 0 radical (unpaired) electrons. The number of nitrogens with zero attached hydrogens (tertiary/aromatic N) is 5. The number of benzene rings is 1. The maximum Gasteiger partial charge on any atom is 0.252 e. The first-order valence-corrected chi connectivity index (χ1v) is 11.4. The largest absolute Gasteiger partial charge is 0.497 e. The third-order valence-electron chi connectivity index (χ3n) is 6.01. The van der Waals surface area contributed by atoms with Crippen LogP contribution in [0.5, 0.6) is 5.75 Å². The number of fused-ring (bicyclic) bond motifs is 1. The molecule has 4 aromatic heterocycles. The molecule has 0 aliphatic rings. The molecule has 1 aromatic carbocycles. The number of aromatic amines is 1. The predicted octanol–water partition coefficient (Wildman–Crippen LogP) is 3.91. The standard InChI is InChI=1S/C25H26N6O4/c1-3-23(24-27-28-29-31(24)16-21-7-5-11-35-21)30(15-20-6-4-10-34-20)14-18-12-17-13-19(33-2)8-9-22(17)26-25(18)32/h4-13,23H,3,14-16H2,1-2H3,(H,26,32). The number of nitrogens with one attached hydrogen (secondary N) is 1. The van der Waals surface area contributed by atoms with Gasteiger partial charge in [0.15, 0.2) is 5.82 Å². The molecule has 1 atom stereocenters. The Hall–Kier alpha value is -4.18. The Bertz CT molecular complexity index is 1440. The van der Waals surface area contributed by atoms with Gasteiger partial charge in [0.2, 0.25) is 0 Å². The Morgan fingerprint density at radius 3 is 2.60 bits per heavy atom. The second-order valence-electron chi connectivity index (χ2n) is 8.26. The lowest BCUT2D eigenvalue weighted by atomic mass is 10.1. The van der Waals surface area contributed by atoms with Gasteiger partial charge >= 0.3 is 0 Å². The molecule has 1 N–H and O–H groups in total. The molecule has 0 aliphatic carbocycles. The first-order chi connectivity index (χ1) is 17.1. The molecule has 0 fully saturated rings. The summed E-state index contributed by atoms with van der Waals surface area (Å²) in [4.78, 5) is 18.1. The van der Waals surface area contributed by atoms with Gasteiger partial charge in [-0.1, -0.05) is 6.92 Å². The van der Waals surface area contributed by atoms with Crippen LogP contribution >= 0.6 is 0 Å². The topological polar surface area (TPSA) is 115 Å². The summed E-state index contributed by atoms with van der Waals surface area (Å²) < 4.78 is 18.2. The predicted molar refractivity (Wildman–Crippen MR) is 128 cm³/mol. The molecule has 0 saturated carbocycles. The lowest BCUT2D eigenvalue weighted by molar-refractivity contribution is 0.149. The lowest BCUT2D eigenvalue weighted by Gasteiger charge is -2.29. The number of rotatable bonds is 10. The van der Waals surface area contributed by atoms with Gasteiger partial charge in [-0.25, -0.2) is 4.68 Å². The highest BCUT2D eigenvalue weighted by atomic mass is 16.5. The van der Waals surface area contributed by atoms with Gasteiger partial charge in [-0.3, -0.25) is 9.69 Å². The van der Waals surface area contributed by atoms with Crippen molar-refractivity contribution in [3.05, 3.63) is 94.3 Å². The van der Waals surface area contributed by atoms with E-state index >= 15 is 0 Å². The third kappa shape index (κ3) is 4.87. The van der Waals surface area contributed by atoms with Crippen molar-refractivity contribution in [3.8, 4) is 5.75 Å². The Balaban J connectivity index is 1.51. The Morgan fingerprint density at radius 2 is 1.89 bits per heavy atom. The molecular formula is C25H26N6O4. The second-order valence-corrected chi connectivity index (χ2v) is 8.26. The number of hydrogen-bond donors (Lipinski definition) is 1. The van der Waals surface area contributed by atoms with Gasteiger partial charge in [0, 0.05) is 23.0 Å². The zero-order valence-electron chi connectivity index (χ0n) is 19.5. The fraction of sp³-hybridized carbons (Fsp3) is 0.280. The molecule has 5 aromatic rings. The first-order valence-electron chi connectivity index (χ1n) is 11.4. The smallest absolute Gasteiger partial charge is 0.252 e. The third-order valence-corrected chi connectivity index (χ3v) is 6.01. The molecule has 10 nitrogen and oxygen atoms in total. The highest BCUT2D eigenvalue weighted by molar-refractivity contribution is 5.80. The summed E-state index contributed by atoms with van der Waals surface area (Å²) in [5, 5.41) is 13.3. The van der Waals surface area contributed by atoms with E-state index in [-0.39, 0.29) is 11.6 Å². The van der Waals surface area contributed by atoms with Crippen LogP contribution in [-0.4, -0.2) is 37.2 Å². The van der Waals surface area contributed by atoms with Crippen molar-refractivity contribution in [3.63, 3.8) is 0 Å². The van der Waals surface area contributed by atoms with Crippen molar-refractivity contribution >= 4 is 10.9 Å². The van der Waals surface area contributed by atoms with Gasteiger partial charge in [0.1, 0.15) is 23.8 Å². The molecule has 0 spiro atoms. The number of aromatic nitrogens is 5. The van der Waals surface area contributed by atoms with Crippen LogP contribution in [0.15, 0.2) is 74.7 Å². The zero-order valence-corrected chi connectivity index (χ0v) is 19.5. The number of tetrazole rings is 1. The van der Waals surface area contributed by atoms with Crippen molar-refractivity contribution in [1.29, 1.82) is 0 Å². The molecule has 10 heteroatoms. The molecule has 0 aliphatic heterocycles. The Kier molecular flexibility index (Phi) is 6.44. The molecular weight excluding hydrogens is 448 g/mol. The van der Waals surface area contributed by atoms with Crippen molar-refractivity contribution < 1.29 is 13.6 Å². The summed E-state index contributed by atoms with van der Waals surface area (Å²) in [7, 11) is 1.62. The van der Waals surface area contributed by atoms with Crippen LogP contribution in [0.1, 0.15) is 42.3 Å². The van der Waals surface area contributed by atoms with Crippen LogP contribution in [0.25, 0.3) is 10.9 Å². The maximum atomic E-state index is 13.0. The van der Waals surface area contributed by atoms with Gasteiger partial charge < -0.3 is 18.6 Å². The van der Waals surface area contributed by atoms with Crippen molar-refractivity contribution in [2.45, 2.75) is 39.0 Å². The summed E-state index contributed by atoms with van der Waals surface area (Å²) in [6.45, 7) is 3.34. The van der Waals surface area contributed by atoms with Crippen LogP contribution in [0.2, 0.25) is 0 Å². The van der Waals surface area contributed by atoms with E-state index in [1.165, 1.54) is 0 Å². The minimum atomic E-state index is -0.175. The van der Waals surface area contributed by atoms with E-state index in [0.29, 0.717) is 31.0 Å². The van der Waals surface area contributed by atoms with E-state index in [2.05, 4.69) is 32.3 Å². The van der Waals surface area contributed by atoms with E-state index in [0.717, 1.165) is 34.6 Å². The molecule has 0 saturated heterocycles. The zero-order chi connectivity index (χ0) is 24.2. The number of pyridine rings is 1. The molecule has 0 bridgehead atoms. The minimum Gasteiger partial charge on any atom is -0.497 e. The van der Waals surface area contributed by atoms with Crippen LogP contribution in [0.4, 0.5) is 0 Å². The summed E-state index contributed by atoms with van der Waals surface area (Å²) in [5.74, 6) is 2.96. The van der Waals surface area contributed by atoms with E-state index in [4.69, 9.17) is 13.6 Å². The fourth-order valence-electron chi connectivity index (χ4n) is 4.29. The normalized spacial score (nSPS) is 12.4. The number of furan rings is 2. The van der Waals surface area contributed by atoms with Gasteiger partial charge in [0.05, 0.1) is 32.2 Å². The second kappa shape index (κ2) is 9.98. The summed E-state index contributed by atoms with van der Waals surface area (Å²) in [5.41, 5.74) is 1.24. The van der Waals surface area contributed by atoms with E-state index < -0.39 is 0 Å². The highest BCUT2D eigenvalue weighted by Gasteiger charge is 2.27. The average Bonchev–Trinajstić information content (AvgIpc) is 3.65. The molecule has 35 heavy (non-hydrogen) atoms. The van der Waals surface area contributed by atoms with Crippen LogP contribution < -0.4 is 10.3 Å². The molecule has 0 amide bonds. The quantitative estimate of drug-likeness (QED) is 0.324. The molecule has 4 heterocycles. The van der Waals surface area contributed by atoms with Gasteiger partial charge in [0.25, 0.3) is 5.56 Å². The number of methoxy groups -OCH3 is 1. The summed E-state index contributed by atoms with van der Waals surface area (Å²) >= 11 is 0. The van der Waals surface area contributed by atoms with Crippen LogP contribution in [-0.2, 0) is 19.6 Å². The van der Waals surface area contributed by atoms with E-state index in [1.54, 1.807) is 24.3 Å². The van der Waals surface area contributed by atoms with E-state index in [9.17, 15) is 4.79 Å². The Labute approximate surface area is 201 Å². The van der Waals surface area contributed by atoms with Crippen molar-refractivity contribution in [2.75, 3.05) is 7.11 Å². The number of H-pyrrole nitrogens is 1. The Morgan fingerprint density at radius 1 is 1.09 bits per heavy atom. The summed E-state index contributed by atoms with van der Waals surface area (Å²) in [6, 6.07) is 14.8. The monoisotopic (exact) mass is 474 g/mol. The SMILES string of the molecule is CCC(c1nnnn1Cc1ccco1)N(Cc1ccco1)Cc1cc2cc(OC)ccc2[nH]c1=O. The summed E-state index contributed by atoms with van der Waals surface area (Å²) in [6.07, 6.45) is 3.99. The van der Waals surface area contributed by atoms with Gasteiger partial charge in [-0.15, -0.1) is 5.10 Å². The number of hydrogen-bond acceptors (Lipinski definition) is 8. The molecule has 5 rings (SSSR count). The molecule has 180 valence electrons. The van der Waals surface area contributed by atoms with Crippen molar-refractivity contribution in [1.82, 2.24) is 30.1 Å². The fourth-order valence-corrected chi connectivity index (χ4v) is 4.29. The van der Waals surface area contributed by atoms with Crippen molar-refractivity contribution in [2.24, 2.45) is 0 Å². The van der Waals surface area contributed by atoms with E-state index in [1.807, 2.05) is 48.5 Å². The average molecular weight is 475 g/mol. The van der Waals surface area contributed by atoms with Crippen LogP contribution in [0.3, 0.4) is 0 Å².